The monoisotopic (exact) mass is 441 g/mol. The minimum Gasteiger partial charge on any atom is -0.459 e. The fourth-order valence-electron chi connectivity index (χ4n) is 3.18. The summed E-state index contributed by atoms with van der Waals surface area (Å²) < 4.78 is 46.1. The van der Waals surface area contributed by atoms with Gasteiger partial charge >= 0.3 is 5.97 Å². The van der Waals surface area contributed by atoms with E-state index >= 15 is 0 Å². The summed E-state index contributed by atoms with van der Waals surface area (Å²) in [4.78, 5) is 12.6. The van der Waals surface area contributed by atoms with Gasteiger partial charge in [0, 0.05) is 18.5 Å². The standard InChI is InChI=1S/C20H21ClFNO5S/c1-12-6-7-15(8-13(12)2)29(26,27)23-10-14(24)9-19(23)20(25)28-11-16-17(21)4-3-5-18(16)22/h3-8,14,19,24H,9-11H2,1-2H3/t14?,19-/m1/s1. The number of esters is 1. The first-order valence-corrected chi connectivity index (χ1v) is 10.8. The number of hydrogen-bond donors (Lipinski definition) is 1. The number of halogens is 2. The molecule has 29 heavy (non-hydrogen) atoms. The van der Waals surface area contributed by atoms with E-state index in [1.54, 1.807) is 13.0 Å². The number of carbonyl (C=O) groups excluding carboxylic acids is 1. The summed E-state index contributed by atoms with van der Waals surface area (Å²) in [6.45, 7) is 2.99. The van der Waals surface area contributed by atoms with Gasteiger partial charge < -0.3 is 9.84 Å². The van der Waals surface area contributed by atoms with Crippen LogP contribution in [0.4, 0.5) is 4.39 Å². The number of hydrogen-bond acceptors (Lipinski definition) is 5. The third kappa shape index (κ3) is 4.45. The first kappa shape index (κ1) is 21.7. The predicted molar refractivity (Wildman–Crippen MR) is 105 cm³/mol. The second-order valence-electron chi connectivity index (χ2n) is 7.03. The normalized spacial score (nSPS) is 20.0. The number of rotatable bonds is 5. The van der Waals surface area contributed by atoms with Gasteiger partial charge in [0.15, 0.2) is 0 Å². The number of aryl methyl sites for hydroxylation is 2. The number of β-amino-alcohol motifs (C(OH)–C–C–N with tert-alkyl or cyclic N) is 1. The van der Waals surface area contributed by atoms with Crippen molar-refractivity contribution in [2.45, 2.75) is 43.9 Å². The van der Waals surface area contributed by atoms with Gasteiger partial charge in [-0.05, 0) is 49.2 Å². The van der Waals surface area contributed by atoms with Crippen LogP contribution in [0.25, 0.3) is 0 Å². The van der Waals surface area contributed by atoms with Gasteiger partial charge in [0.05, 0.1) is 16.0 Å². The number of sulfonamides is 1. The van der Waals surface area contributed by atoms with Gasteiger partial charge in [0.25, 0.3) is 0 Å². The van der Waals surface area contributed by atoms with E-state index in [0.29, 0.717) is 0 Å². The maximum absolute atomic E-state index is 13.9. The highest BCUT2D eigenvalue weighted by atomic mass is 35.5. The Labute approximate surface area is 173 Å². The molecule has 0 bridgehead atoms. The number of nitrogens with zero attached hydrogens (tertiary/aromatic N) is 1. The van der Waals surface area contributed by atoms with Gasteiger partial charge in [-0.3, -0.25) is 4.79 Å². The largest absolute Gasteiger partial charge is 0.459 e. The van der Waals surface area contributed by atoms with Crippen LogP contribution in [-0.2, 0) is 26.2 Å². The Morgan fingerprint density at radius 2 is 2.00 bits per heavy atom. The molecule has 1 N–H and O–H groups in total. The average molecular weight is 442 g/mol. The van der Waals surface area contributed by atoms with Crippen molar-refractivity contribution in [1.82, 2.24) is 4.31 Å². The van der Waals surface area contributed by atoms with Crippen molar-refractivity contribution in [1.29, 1.82) is 0 Å². The zero-order valence-corrected chi connectivity index (χ0v) is 17.5. The van der Waals surface area contributed by atoms with Crippen molar-refractivity contribution in [3.05, 3.63) is 63.9 Å². The van der Waals surface area contributed by atoms with E-state index in [1.807, 2.05) is 6.92 Å². The molecule has 1 aliphatic rings. The van der Waals surface area contributed by atoms with Crippen molar-refractivity contribution in [3.63, 3.8) is 0 Å². The molecule has 1 unspecified atom stereocenters. The summed E-state index contributed by atoms with van der Waals surface area (Å²) in [7, 11) is -4.03. The molecular weight excluding hydrogens is 421 g/mol. The summed E-state index contributed by atoms with van der Waals surface area (Å²) in [5, 5.41) is 10.1. The molecule has 3 rings (SSSR count). The Hall–Kier alpha value is -2.00. The van der Waals surface area contributed by atoms with Gasteiger partial charge in [-0.2, -0.15) is 4.31 Å². The van der Waals surface area contributed by atoms with Crippen LogP contribution in [0.2, 0.25) is 5.02 Å². The van der Waals surface area contributed by atoms with Crippen LogP contribution in [0.5, 0.6) is 0 Å². The van der Waals surface area contributed by atoms with Crippen LogP contribution in [0.1, 0.15) is 23.1 Å². The van der Waals surface area contributed by atoms with Crippen LogP contribution in [0.3, 0.4) is 0 Å². The lowest BCUT2D eigenvalue weighted by Crippen LogP contribution is -2.41. The molecule has 1 heterocycles. The minimum absolute atomic E-state index is 0.00429. The molecule has 2 aromatic carbocycles. The van der Waals surface area contributed by atoms with Gasteiger partial charge in [-0.25, -0.2) is 12.8 Å². The molecule has 1 fully saturated rings. The highest BCUT2D eigenvalue weighted by molar-refractivity contribution is 7.89. The summed E-state index contributed by atoms with van der Waals surface area (Å²) in [5.74, 6) is -1.50. The van der Waals surface area contributed by atoms with Crippen LogP contribution in [0.15, 0.2) is 41.3 Å². The van der Waals surface area contributed by atoms with E-state index in [4.69, 9.17) is 16.3 Å². The third-order valence-electron chi connectivity index (χ3n) is 5.01. The first-order valence-electron chi connectivity index (χ1n) is 8.98. The quantitative estimate of drug-likeness (QED) is 0.721. The highest BCUT2D eigenvalue weighted by Gasteiger charge is 2.44. The van der Waals surface area contributed by atoms with Gasteiger partial charge in [-0.15, -0.1) is 0 Å². The van der Waals surface area contributed by atoms with Gasteiger partial charge in [0.1, 0.15) is 18.5 Å². The smallest absolute Gasteiger partial charge is 0.324 e. The van der Waals surface area contributed by atoms with Crippen LogP contribution < -0.4 is 0 Å². The number of aliphatic hydroxyl groups excluding tert-OH is 1. The Morgan fingerprint density at radius 1 is 1.28 bits per heavy atom. The zero-order valence-electron chi connectivity index (χ0n) is 15.9. The minimum atomic E-state index is -4.03. The highest BCUT2D eigenvalue weighted by Crippen LogP contribution is 2.29. The summed E-state index contributed by atoms with van der Waals surface area (Å²) in [6, 6.07) is 7.54. The lowest BCUT2D eigenvalue weighted by molar-refractivity contribution is -0.149. The molecule has 2 aromatic rings. The van der Waals surface area contributed by atoms with E-state index < -0.39 is 40.6 Å². The number of ether oxygens (including phenoxy) is 1. The van der Waals surface area contributed by atoms with E-state index in [9.17, 15) is 22.7 Å². The van der Waals surface area contributed by atoms with Crippen molar-refractivity contribution in [2.75, 3.05) is 6.54 Å². The topological polar surface area (TPSA) is 83.9 Å². The van der Waals surface area contributed by atoms with Gasteiger partial charge in [0.2, 0.25) is 10.0 Å². The van der Waals surface area contributed by atoms with Crippen molar-refractivity contribution >= 4 is 27.6 Å². The van der Waals surface area contributed by atoms with Crippen LogP contribution >= 0.6 is 11.6 Å². The maximum atomic E-state index is 13.9. The van der Waals surface area contributed by atoms with Crippen LogP contribution in [-0.4, -0.2) is 42.5 Å². The summed E-state index contributed by atoms with van der Waals surface area (Å²) in [6.07, 6.45) is -1.11. The molecule has 0 aromatic heterocycles. The van der Waals surface area contributed by atoms with E-state index in [-0.39, 0.29) is 28.4 Å². The molecule has 1 saturated heterocycles. The average Bonchev–Trinajstić information content (AvgIpc) is 3.06. The third-order valence-corrected chi connectivity index (χ3v) is 7.24. The lowest BCUT2D eigenvalue weighted by Gasteiger charge is -2.23. The molecule has 156 valence electrons. The zero-order chi connectivity index (χ0) is 21.3. The molecule has 0 spiro atoms. The molecular formula is C20H21ClFNO5S. The van der Waals surface area contributed by atoms with Crippen molar-refractivity contribution in [2.24, 2.45) is 0 Å². The Morgan fingerprint density at radius 3 is 2.66 bits per heavy atom. The molecule has 1 aliphatic heterocycles. The van der Waals surface area contributed by atoms with E-state index in [0.717, 1.165) is 15.4 Å². The van der Waals surface area contributed by atoms with Crippen molar-refractivity contribution < 1.29 is 27.4 Å². The Balaban J connectivity index is 1.82. The molecule has 6 nitrogen and oxygen atoms in total. The second-order valence-corrected chi connectivity index (χ2v) is 9.33. The fraction of sp³-hybridized carbons (Fsp3) is 0.350. The second kappa shape index (κ2) is 8.39. The van der Waals surface area contributed by atoms with Crippen molar-refractivity contribution in [3.8, 4) is 0 Å². The van der Waals surface area contributed by atoms with E-state index in [2.05, 4.69) is 0 Å². The molecule has 0 radical (unpaired) electrons. The summed E-state index contributed by atoms with van der Waals surface area (Å²) >= 11 is 5.93. The number of aliphatic hydroxyl groups is 1. The number of carbonyl (C=O) groups is 1. The Bertz CT molecular complexity index is 1020. The molecule has 9 heteroatoms. The molecule has 0 saturated carbocycles. The SMILES string of the molecule is Cc1ccc(S(=O)(=O)N2CC(O)C[C@@H]2C(=O)OCc2c(F)cccc2Cl)cc1C. The maximum Gasteiger partial charge on any atom is 0.324 e. The van der Waals surface area contributed by atoms with E-state index in [1.165, 1.54) is 30.3 Å². The summed E-state index contributed by atoms with van der Waals surface area (Å²) in [5.41, 5.74) is 1.73. The fourth-order valence-corrected chi connectivity index (χ4v) is 5.11. The predicted octanol–water partition coefficient (Wildman–Crippen LogP) is 2.96. The van der Waals surface area contributed by atoms with Crippen LogP contribution in [0, 0.1) is 19.7 Å². The lowest BCUT2D eigenvalue weighted by atomic mass is 10.1. The molecule has 0 aliphatic carbocycles. The Kier molecular flexibility index (Phi) is 6.28. The van der Waals surface area contributed by atoms with Gasteiger partial charge in [-0.1, -0.05) is 23.7 Å². The molecule has 0 amide bonds. The first-order chi connectivity index (χ1) is 13.6. The number of benzene rings is 2. The molecule has 2 atom stereocenters.